The fraction of sp³-hybridized carbons (Fsp3) is 0.125. The molecule has 0 fully saturated rings. The van der Waals surface area contributed by atoms with Crippen LogP contribution in [0.5, 0.6) is 11.5 Å². The Balaban J connectivity index is 1.71. The summed E-state index contributed by atoms with van der Waals surface area (Å²) in [6, 6.07) is 24.9. The Hall–Kier alpha value is -3.13. The summed E-state index contributed by atoms with van der Waals surface area (Å²) in [5.74, 6) is 1.68. The molecule has 0 N–H and O–H groups in total. The fourth-order valence-corrected chi connectivity index (χ4v) is 3.33. The largest absolute Gasteiger partial charge is 0.457 e. The van der Waals surface area contributed by atoms with Crippen molar-refractivity contribution >= 4 is 10.9 Å². The van der Waals surface area contributed by atoms with Crippen molar-refractivity contribution in [1.29, 1.82) is 0 Å². The maximum atomic E-state index is 6.23. The molecular weight excluding hydrogens is 318 g/mol. The molecule has 1 aromatic heterocycles. The van der Waals surface area contributed by atoms with Gasteiger partial charge < -0.3 is 4.74 Å². The van der Waals surface area contributed by atoms with Gasteiger partial charge in [0.2, 0.25) is 0 Å². The molecule has 2 heteroatoms. The highest BCUT2D eigenvalue weighted by atomic mass is 16.5. The Labute approximate surface area is 154 Å². The lowest BCUT2D eigenvalue weighted by atomic mass is 10.1. The lowest BCUT2D eigenvalue weighted by Crippen LogP contribution is -1.93. The van der Waals surface area contributed by atoms with Gasteiger partial charge in [0.15, 0.2) is 0 Å². The summed E-state index contributed by atoms with van der Waals surface area (Å²) in [5, 5.41) is 1.06. The first-order valence-corrected chi connectivity index (χ1v) is 8.82. The van der Waals surface area contributed by atoms with Gasteiger partial charge in [-0.25, -0.2) is 0 Å². The summed E-state index contributed by atoms with van der Waals surface area (Å²) >= 11 is 0. The Morgan fingerprint density at radius 3 is 2.15 bits per heavy atom. The Bertz CT molecular complexity index is 1070. The van der Waals surface area contributed by atoms with Gasteiger partial charge in [-0.1, -0.05) is 48.5 Å². The lowest BCUT2D eigenvalue weighted by Gasteiger charge is -2.12. The van der Waals surface area contributed by atoms with Gasteiger partial charge in [-0.3, -0.25) is 4.98 Å². The standard InChI is InChI=1S/C24H21NO/c1-16-13-17(2)24-22(14-16)23(15-18(3)25-24)26-21-11-9-20(10-12-21)19-7-5-4-6-8-19/h4-15H,1-3H3. The number of benzene rings is 3. The van der Waals surface area contributed by atoms with Gasteiger partial charge in [-0.15, -0.1) is 0 Å². The second-order valence-electron chi connectivity index (χ2n) is 6.73. The molecule has 0 spiro atoms. The summed E-state index contributed by atoms with van der Waals surface area (Å²) in [6.07, 6.45) is 0. The summed E-state index contributed by atoms with van der Waals surface area (Å²) in [7, 11) is 0. The number of fused-ring (bicyclic) bond motifs is 1. The third-order valence-electron chi connectivity index (χ3n) is 4.53. The maximum Gasteiger partial charge on any atom is 0.138 e. The number of hydrogen-bond donors (Lipinski definition) is 0. The number of pyridine rings is 1. The summed E-state index contributed by atoms with van der Waals surface area (Å²) in [4.78, 5) is 4.69. The third-order valence-corrected chi connectivity index (χ3v) is 4.53. The van der Waals surface area contributed by atoms with Gasteiger partial charge in [0.25, 0.3) is 0 Å². The first-order valence-electron chi connectivity index (χ1n) is 8.82. The number of aromatic nitrogens is 1. The Morgan fingerprint density at radius 1 is 0.731 bits per heavy atom. The molecule has 0 unspecified atom stereocenters. The van der Waals surface area contributed by atoms with Crippen LogP contribution in [0.15, 0.2) is 72.8 Å². The van der Waals surface area contributed by atoms with Crippen molar-refractivity contribution in [3.8, 4) is 22.6 Å². The molecule has 0 aliphatic heterocycles. The molecule has 1 heterocycles. The van der Waals surface area contributed by atoms with Crippen LogP contribution in [0.2, 0.25) is 0 Å². The number of rotatable bonds is 3. The molecule has 26 heavy (non-hydrogen) atoms. The van der Waals surface area contributed by atoms with Crippen LogP contribution >= 0.6 is 0 Å². The average molecular weight is 339 g/mol. The normalized spacial score (nSPS) is 10.9. The molecule has 0 aliphatic rings. The topological polar surface area (TPSA) is 22.1 Å². The Morgan fingerprint density at radius 2 is 1.42 bits per heavy atom. The zero-order chi connectivity index (χ0) is 18.1. The first kappa shape index (κ1) is 16.3. The van der Waals surface area contributed by atoms with Crippen LogP contribution in [0, 0.1) is 20.8 Å². The molecule has 0 saturated heterocycles. The van der Waals surface area contributed by atoms with Crippen LogP contribution < -0.4 is 4.74 Å². The van der Waals surface area contributed by atoms with Crippen LogP contribution in [0.1, 0.15) is 16.8 Å². The van der Waals surface area contributed by atoms with Gasteiger partial charge in [-0.2, -0.15) is 0 Å². The van der Waals surface area contributed by atoms with E-state index in [0.29, 0.717) is 0 Å². The predicted molar refractivity (Wildman–Crippen MR) is 108 cm³/mol. The third kappa shape index (κ3) is 3.18. The predicted octanol–water partition coefficient (Wildman–Crippen LogP) is 6.62. The molecule has 0 aliphatic carbocycles. The minimum absolute atomic E-state index is 0.829. The second-order valence-corrected chi connectivity index (χ2v) is 6.73. The second kappa shape index (κ2) is 6.64. The maximum absolute atomic E-state index is 6.23. The van der Waals surface area contributed by atoms with E-state index < -0.39 is 0 Å². The highest BCUT2D eigenvalue weighted by molar-refractivity contribution is 5.88. The SMILES string of the molecule is Cc1cc(C)c2nc(C)cc(Oc3ccc(-c4ccccc4)cc3)c2c1. The van der Waals surface area contributed by atoms with E-state index in [9.17, 15) is 0 Å². The van der Waals surface area contributed by atoms with Gasteiger partial charge in [-0.05, 0) is 61.2 Å². The van der Waals surface area contributed by atoms with Crippen LogP contribution in [0.25, 0.3) is 22.0 Å². The van der Waals surface area contributed by atoms with E-state index in [0.717, 1.165) is 28.1 Å². The van der Waals surface area contributed by atoms with Gasteiger partial charge in [0.1, 0.15) is 11.5 Å². The van der Waals surface area contributed by atoms with Crippen LogP contribution in [0.3, 0.4) is 0 Å². The van der Waals surface area contributed by atoms with Gasteiger partial charge >= 0.3 is 0 Å². The molecule has 4 rings (SSSR count). The number of nitrogens with zero attached hydrogens (tertiary/aromatic N) is 1. The van der Waals surface area contributed by atoms with Crippen LogP contribution in [-0.4, -0.2) is 4.98 Å². The number of hydrogen-bond acceptors (Lipinski definition) is 2. The van der Waals surface area contributed by atoms with E-state index >= 15 is 0 Å². The van der Waals surface area contributed by atoms with E-state index in [1.54, 1.807) is 0 Å². The molecule has 0 atom stereocenters. The van der Waals surface area contributed by atoms with Crippen LogP contribution in [-0.2, 0) is 0 Å². The summed E-state index contributed by atoms with van der Waals surface area (Å²) in [6.45, 7) is 6.20. The van der Waals surface area contributed by atoms with Gasteiger partial charge in [0.05, 0.1) is 5.52 Å². The minimum atomic E-state index is 0.829. The van der Waals surface area contributed by atoms with Crippen molar-refractivity contribution in [1.82, 2.24) is 4.98 Å². The van der Waals surface area contributed by atoms with Crippen molar-refractivity contribution in [2.45, 2.75) is 20.8 Å². The van der Waals surface area contributed by atoms with E-state index in [1.165, 1.54) is 22.3 Å². The van der Waals surface area contributed by atoms with Crippen LogP contribution in [0.4, 0.5) is 0 Å². The molecule has 0 amide bonds. The summed E-state index contributed by atoms with van der Waals surface area (Å²) < 4.78 is 6.23. The quantitative estimate of drug-likeness (QED) is 0.418. The molecular formula is C24H21NO. The monoisotopic (exact) mass is 339 g/mol. The van der Waals surface area contributed by atoms with Crippen molar-refractivity contribution < 1.29 is 4.74 Å². The van der Waals surface area contributed by atoms with Crippen molar-refractivity contribution in [3.63, 3.8) is 0 Å². The zero-order valence-corrected chi connectivity index (χ0v) is 15.3. The van der Waals surface area contributed by atoms with Crippen molar-refractivity contribution in [2.24, 2.45) is 0 Å². The highest BCUT2D eigenvalue weighted by Crippen LogP contribution is 2.33. The lowest BCUT2D eigenvalue weighted by molar-refractivity contribution is 0.487. The van der Waals surface area contributed by atoms with E-state index in [2.05, 4.69) is 62.4 Å². The Kier molecular flexibility index (Phi) is 4.18. The molecule has 128 valence electrons. The number of aryl methyl sites for hydroxylation is 3. The molecule has 0 radical (unpaired) electrons. The molecule has 3 aromatic carbocycles. The smallest absolute Gasteiger partial charge is 0.138 e. The molecule has 4 aromatic rings. The molecule has 0 bridgehead atoms. The van der Waals surface area contributed by atoms with Crippen molar-refractivity contribution in [3.05, 3.63) is 89.6 Å². The van der Waals surface area contributed by atoms with E-state index in [1.807, 2.05) is 31.2 Å². The highest BCUT2D eigenvalue weighted by Gasteiger charge is 2.10. The first-order chi connectivity index (χ1) is 12.6. The minimum Gasteiger partial charge on any atom is -0.457 e. The average Bonchev–Trinajstić information content (AvgIpc) is 2.64. The van der Waals surface area contributed by atoms with E-state index in [4.69, 9.17) is 9.72 Å². The number of ether oxygens (including phenoxy) is 1. The zero-order valence-electron chi connectivity index (χ0n) is 15.3. The van der Waals surface area contributed by atoms with Crippen molar-refractivity contribution in [2.75, 3.05) is 0 Å². The summed E-state index contributed by atoms with van der Waals surface area (Å²) in [5.41, 5.74) is 6.74. The van der Waals surface area contributed by atoms with E-state index in [-0.39, 0.29) is 0 Å². The van der Waals surface area contributed by atoms with Gasteiger partial charge in [0, 0.05) is 17.1 Å². The molecule has 0 saturated carbocycles. The fourth-order valence-electron chi connectivity index (χ4n) is 3.33. The molecule has 2 nitrogen and oxygen atoms in total.